The lowest BCUT2D eigenvalue weighted by molar-refractivity contribution is -0.120. The minimum Gasteiger partial charge on any atom is -0.355 e. The molecule has 2 aromatic heterocycles. The highest BCUT2D eigenvalue weighted by Gasteiger charge is 2.26. The molecule has 0 unspecified atom stereocenters. The molecule has 1 aliphatic rings. The Kier molecular flexibility index (Phi) is 5.29. The Morgan fingerprint density at radius 3 is 2.54 bits per heavy atom. The van der Waals surface area contributed by atoms with E-state index < -0.39 is 11.6 Å². The fourth-order valence-electron chi connectivity index (χ4n) is 3.24. The predicted molar refractivity (Wildman–Crippen MR) is 105 cm³/mol. The molecule has 1 saturated heterocycles. The quantitative estimate of drug-likeness (QED) is 0.708. The Labute approximate surface area is 165 Å². The second-order valence-corrected chi connectivity index (χ2v) is 7.58. The van der Waals surface area contributed by atoms with Gasteiger partial charge in [-0.15, -0.1) is 21.5 Å². The number of rotatable bonds is 4. The third kappa shape index (κ3) is 4.01. The number of anilines is 2. The standard InChI is InChI=1S/C20H18F2N4OS/c21-15-4-3-14(12-16(15)22)23-20(27)13-7-9-26(10-8-13)19-6-5-17(24-25-19)18-2-1-11-28-18/h1-6,11-13H,7-10H2,(H,23,27). The van der Waals surface area contributed by atoms with Crippen LogP contribution in [0.25, 0.3) is 10.6 Å². The van der Waals surface area contributed by atoms with Crippen molar-refractivity contribution in [2.75, 3.05) is 23.3 Å². The minimum atomic E-state index is -0.975. The Morgan fingerprint density at radius 2 is 1.89 bits per heavy atom. The number of thiophene rings is 1. The number of piperidine rings is 1. The highest BCUT2D eigenvalue weighted by Crippen LogP contribution is 2.26. The zero-order chi connectivity index (χ0) is 19.5. The molecule has 144 valence electrons. The topological polar surface area (TPSA) is 58.1 Å². The maximum atomic E-state index is 13.3. The van der Waals surface area contributed by atoms with Crippen molar-refractivity contribution in [2.45, 2.75) is 12.8 Å². The molecule has 8 heteroatoms. The first-order chi connectivity index (χ1) is 13.6. The molecule has 1 aliphatic heterocycles. The van der Waals surface area contributed by atoms with Crippen molar-refractivity contribution in [1.82, 2.24) is 10.2 Å². The lowest BCUT2D eigenvalue weighted by atomic mass is 9.96. The van der Waals surface area contributed by atoms with Crippen molar-refractivity contribution in [1.29, 1.82) is 0 Å². The zero-order valence-corrected chi connectivity index (χ0v) is 15.8. The lowest BCUT2D eigenvalue weighted by Crippen LogP contribution is -2.38. The molecule has 0 saturated carbocycles. The summed E-state index contributed by atoms with van der Waals surface area (Å²) in [5.41, 5.74) is 1.11. The molecular weight excluding hydrogens is 382 g/mol. The van der Waals surface area contributed by atoms with Crippen LogP contribution in [0.4, 0.5) is 20.3 Å². The first-order valence-electron chi connectivity index (χ1n) is 8.98. The summed E-state index contributed by atoms with van der Waals surface area (Å²) in [4.78, 5) is 15.6. The van der Waals surface area contributed by atoms with Gasteiger partial charge in [-0.3, -0.25) is 4.79 Å². The number of hydrogen-bond acceptors (Lipinski definition) is 5. The second-order valence-electron chi connectivity index (χ2n) is 6.63. The summed E-state index contributed by atoms with van der Waals surface area (Å²) in [6.07, 6.45) is 1.31. The van der Waals surface area contributed by atoms with E-state index in [1.807, 2.05) is 29.6 Å². The van der Waals surface area contributed by atoms with Crippen molar-refractivity contribution >= 4 is 28.7 Å². The van der Waals surface area contributed by atoms with E-state index >= 15 is 0 Å². The van der Waals surface area contributed by atoms with Gasteiger partial charge < -0.3 is 10.2 Å². The van der Waals surface area contributed by atoms with E-state index in [9.17, 15) is 13.6 Å². The maximum Gasteiger partial charge on any atom is 0.227 e. The fraction of sp³-hybridized carbons (Fsp3) is 0.250. The highest BCUT2D eigenvalue weighted by molar-refractivity contribution is 7.13. The van der Waals surface area contributed by atoms with Crippen molar-refractivity contribution < 1.29 is 13.6 Å². The summed E-state index contributed by atoms with van der Waals surface area (Å²) in [6.45, 7) is 1.37. The van der Waals surface area contributed by atoms with E-state index in [1.165, 1.54) is 6.07 Å². The molecule has 1 aromatic carbocycles. The van der Waals surface area contributed by atoms with Crippen molar-refractivity contribution in [3.8, 4) is 10.6 Å². The molecular formula is C20H18F2N4OS. The summed E-state index contributed by atoms with van der Waals surface area (Å²) in [7, 11) is 0. The molecule has 0 bridgehead atoms. The number of benzene rings is 1. The highest BCUT2D eigenvalue weighted by atomic mass is 32.1. The van der Waals surface area contributed by atoms with E-state index in [2.05, 4.69) is 20.4 Å². The Balaban J connectivity index is 1.33. The summed E-state index contributed by atoms with van der Waals surface area (Å²) >= 11 is 1.62. The Hall–Kier alpha value is -2.87. The normalized spacial score (nSPS) is 14.9. The van der Waals surface area contributed by atoms with Crippen LogP contribution in [0, 0.1) is 17.6 Å². The summed E-state index contributed by atoms with van der Waals surface area (Å²) in [5.74, 6) is -1.47. The first kappa shape index (κ1) is 18.5. The number of aromatic nitrogens is 2. The van der Waals surface area contributed by atoms with Gasteiger partial charge >= 0.3 is 0 Å². The molecule has 1 N–H and O–H groups in total. The molecule has 0 spiro atoms. The van der Waals surface area contributed by atoms with Crippen molar-refractivity contribution in [3.05, 3.63) is 59.5 Å². The monoisotopic (exact) mass is 400 g/mol. The van der Waals surface area contributed by atoms with E-state index in [4.69, 9.17) is 0 Å². The van der Waals surface area contributed by atoms with Gasteiger partial charge in [0.1, 0.15) is 5.69 Å². The van der Waals surface area contributed by atoms with Crippen LogP contribution in [0.15, 0.2) is 47.8 Å². The van der Waals surface area contributed by atoms with E-state index in [-0.39, 0.29) is 17.5 Å². The van der Waals surface area contributed by atoms with Crippen LogP contribution < -0.4 is 10.2 Å². The van der Waals surface area contributed by atoms with Gasteiger partial charge in [0.15, 0.2) is 17.5 Å². The molecule has 28 heavy (non-hydrogen) atoms. The molecule has 1 amide bonds. The van der Waals surface area contributed by atoms with Crippen LogP contribution in [0.1, 0.15) is 12.8 Å². The number of carbonyl (C=O) groups is 1. The van der Waals surface area contributed by atoms with Gasteiger partial charge in [-0.05, 0) is 48.6 Å². The molecule has 3 heterocycles. The van der Waals surface area contributed by atoms with Gasteiger partial charge in [-0.1, -0.05) is 6.07 Å². The van der Waals surface area contributed by atoms with E-state index in [0.29, 0.717) is 25.9 Å². The molecule has 5 nitrogen and oxygen atoms in total. The fourth-order valence-corrected chi connectivity index (χ4v) is 3.93. The van der Waals surface area contributed by atoms with Gasteiger partial charge in [0.05, 0.1) is 4.88 Å². The van der Waals surface area contributed by atoms with Crippen LogP contribution >= 0.6 is 11.3 Å². The summed E-state index contributed by atoms with van der Waals surface area (Å²) < 4.78 is 26.3. The Bertz CT molecular complexity index is 955. The van der Waals surface area contributed by atoms with Crippen molar-refractivity contribution in [3.63, 3.8) is 0 Å². The molecule has 3 aromatic rings. The first-order valence-corrected chi connectivity index (χ1v) is 9.86. The number of nitrogens with one attached hydrogen (secondary N) is 1. The van der Waals surface area contributed by atoms with Gasteiger partial charge in [0, 0.05) is 30.8 Å². The number of carbonyl (C=O) groups excluding carboxylic acids is 1. The number of amides is 1. The zero-order valence-electron chi connectivity index (χ0n) is 14.9. The van der Waals surface area contributed by atoms with Crippen LogP contribution in [0.2, 0.25) is 0 Å². The van der Waals surface area contributed by atoms with Gasteiger partial charge in [-0.2, -0.15) is 0 Å². The van der Waals surface area contributed by atoms with E-state index in [0.717, 1.165) is 28.5 Å². The van der Waals surface area contributed by atoms with Crippen LogP contribution in [0.5, 0.6) is 0 Å². The SMILES string of the molecule is O=C(Nc1ccc(F)c(F)c1)C1CCN(c2ccc(-c3cccs3)nn2)CC1. The third-order valence-corrected chi connectivity index (χ3v) is 5.69. The molecule has 0 aliphatic carbocycles. The number of nitrogens with zero attached hydrogens (tertiary/aromatic N) is 3. The van der Waals surface area contributed by atoms with E-state index in [1.54, 1.807) is 11.3 Å². The predicted octanol–water partition coefficient (Wildman–Crippen LogP) is 4.34. The van der Waals surface area contributed by atoms with Gasteiger partial charge in [0.2, 0.25) is 5.91 Å². The summed E-state index contributed by atoms with van der Waals surface area (Å²) in [5, 5.41) is 13.3. The molecule has 4 rings (SSSR count). The van der Waals surface area contributed by atoms with Crippen molar-refractivity contribution in [2.24, 2.45) is 5.92 Å². The third-order valence-electron chi connectivity index (χ3n) is 4.80. The molecule has 0 radical (unpaired) electrons. The Morgan fingerprint density at radius 1 is 1.07 bits per heavy atom. The van der Waals surface area contributed by atoms with Crippen LogP contribution in [-0.2, 0) is 4.79 Å². The smallest absolute Gasteiger partial charge is 0.227 e. The molecule has 1 fully saturated rings. The lowest BCUT2D eigenvalue weighted by Gasteiger charge is -2.31. The largest absolute Gasteiger partial charge is 0.355 e. The minimum absolute atomic E-state index is 0.176. The number of hydrogen-bond donors (Lipinski definition) is 1. The van der Waals surface area contributed by atoms with Gasteiger partial charge in [0.25, 0.3) is 0 Å². The summed E-state index contributed by atoms with van der Waals surface area (Å²) in [6, 6.07) is 11.2. The van der Waals surface area contributed by atoms with Crippen LogP contribution in [-0.4, -0.2) is 29.2 Å². The molecule has 0 atom stereocenters. The van der Waals surface area contributed by atoms with Crippen LogP contribution in [0.3, 0.4) is 0 Å². The average Bonchev–Trinajstić information content (AvgIpc) is 3.26. The van der Waals surface area contributed by atoms with Gasteiger partial charge in [-0.25, -0.2) is 8.78 Å². The average molecular weight is 400 g/mol. The maximum absolute atomic E-state index is 13.3. The second kappa shape index (κ2) is 8.02. The number of halogens is 2.